The first kappa shape index (κ1) is 5.86. The van der Waals surface area contributed by atoms with E-state index >= 15 is 0 Å². The van der Waals surface area contributed by atoms with Crippen molar-refractivity contribution in [2.45, 2.75) is 0 Å². The van der Waals surface area contributed by atoms with E-state index in [0.717, 1.165) is 0 Å². The van der Waals surface area contributed by atoms with Crippen LogP contribution in [-0.4, -0.2) is 14.4 Å². The molecule has 2 rings (SSSR count). The Bertz CT molecular complexity index is 423. The number of aromatic nitrogens is 3. The number of fused-ring (bicyclic) bond motifs is 1. The summed E-state index contributed by atoms with van der Waals surface area (Å²) in [6.07, 6.45) is 6.59. The van der Waals surface area contributed by atoms with Gasteiger partial charge in [0.25, 0.3) is 0 Å². The summed E-state index contributed by atoms with van der Waals surface area (Å²) < 4.78 is 1.71. The van der Waals surface area contributed by atoms with E-state index < -0.39 is 0 Å². The van der Waals surface area contributed by atoms with Gasteiger partial charge in [0.2, 0.25) is 5.78 Å². The van der Waals surface area contributed by atoms with Crippen molar-refractivity contribution in [1.29, 1.82) is 5.26 Å². The van der Waals surface area contributed by atoms with E-state index in [1.807, 2.05) is 6.07 Å². The van der Waals surface area contributed by atoms with Crippen LogP contribution in [0.1, 0.15) is 5.56 Å². The third kappa shape index (κ3) is 0.829. The summed E-state index contributed by atoms with van der Waals surface area (Å²) in [6.45, 7) is 0. The Morgan fingerprint density at radius 1 is 1.45 bits per heavy atom. The largest absolute Gasteiger partial charge is 0.290 e. The average molecular weight is 144 g/mol. The van der Waals surface area contributed by atoms with E-state index in [-0.39, 0.29) is 0 Å². The minimum Gasteiger partial charge on any atom is -0.290 e. The maximum absolute atomic E-state index is 8.51. The van der Waals surface area contributed by atoms with Gasteiger partial charge in [0.15, 0.2) is 0 Å². The molecule has 2 aromatic rings. The quantitative estimate of drug-likeness (QED) is 0.544. The Labute approximate surface area is 62.7 Å². The normalized spacial score (nSPS) is 9.73. The average Bonchev–Trinajstić information content (AvgIpc) is 2.50. The summed E-state index contributed by atoms with van der Waals surface area (Å²) in [4.78, 5) is 7.88. The molecule has 0 aliphatic carbocycles. The molecule has 0 aliphatic heterocycles. The molecule has 2 aromatic heterocycles. The van der Waals surface area contributed by atoms with Crippen molar-refractivity contribution < 1.29 is 0 Å². The van der Waals surface area contributed by atoms with Crippen LogP contribution in [0.5, 0.6) is 0 Å². The van der Waals surface area contributed by atoms with Crippen molar-refractivity contribution in [3.8, 4) is 6.07 Å². The van der Waals surface area contributed by atoms with Crippen molar-refractivity contribution in [3.05, 3.63) is 30.4 Å². The number of rotatable bonds is 0. The minimum absolute atomic E-state index is 0.538. The summed E-state index contributed by atoms with van der Waals surface area (Å²) in [5, 5.41) is 8.51. The Kier molecular flexibility index (Phi) is 1.10. The van der Waals surface area contributed by atoms with E-state index in [0.29, 0.717) is 11.3 Å². The maximum atomic E-state index is 8.51. The van der Waals surface area contributed by atoms with E-state index in [1.165, 1.54) is 6.20 Å². The molecule has 0 radical (unpaired) electrons. The number of hydrogen-bond donors (Lipinski definition) is 0. The van der Waals surface area contributed by atoms with Gasteiger partial charge in [-0.05, 0) is 0 Å². The zero-order valence-electron chi connectivity index (χ0n) is 5.60. The Hall–Kier alpha value is -1.89. The van der Waals surface area contributed by atoms with E-state index in [9.17, 15) is 0 Å². The maximum Gasteiger partial charge on any atom is 0.233 e. The second kappa shape index (κ2) is 2.06. The van der Waals surface area contributed by atoms with Gasteiger partial charge in [0.1, 0.15) is 6.07 Å². The first-order chi connectivity index (χ1) is 5.40. The highest BCUT2D eigenvalue weighted by atomic mass is 15.1. The van der Waals surface area contributed by atoms with Gasteiger partial charge in [-0.15, -0.1) is 0 Å². The van der Waals surface area contributed by atoms with Crippen LogP contribution in [0.2, 0.25) is 0 Å². The van der Waals surface area contributed by atoms with Gasteiger partial charge in [-0.1, -0.05) is 0 Å². The molecule has 4 heteroatoms. The molecule has 52 valence electrons. The van der Waals surface area contributed by atoms with E-state index in [1.54, 1.807) is 23.0 Å². The van der Waals surface area contributed by atoms with Crippen LogP contribution < -0.4 is 0 Å². The highest BCUT2D eigenvalue weighted by Crippen LogP contribution is 1.98. The van der Waals surface area contributed by atoms with Crippen molar-refractivity contribution >= 4 is 5.78 Å². The summed E-state index contributed by atoms with van der Waals surface area (Å²) in [5.74, 6) is 0.615. The molecule has 0 fully saturated rings. The lowest BCUT2D eigenvalue weighted by atomic mass is 10.4. The summed E-state index contributed by atoms with van der Waals surface area (Å²) >= 11 is 0. The predicted octanol–water partition coefficient (Wildman–Crippen LogP) is 0.601. The molecule has 0 saturated carbocycles. The third-order valence-corrected chi connectivity index (χ3v) is 1.37. The van der Waals surface area contributed by atoms with Gasteiger partial charge in [0, 0.05) is 18.6 Å². The fourth-order valence-electron chi connectivity index (χ4n) is 0.874. The summed E-state index contributed by atoms with van der Waals surface area (Å²) in [7, 11) is 0. The summed E-state index contributed by atoms with van der Waals surface area (Å²) in [6, 6.07) is 2.00. The van der Waals surface area contributed by atoms with Gasteiger partial charge in [-0.3, -0.25) is 4.40 Å². The predicted molar refractivity (Wildman–Crippen MR) is 37.7 cm³/mol. The van der Waals surface area contributed by atoms with Crippen molar-refractivity contribution in [2.24, 2.45) is 0 Å². The van der Waals surface area contributed by atoms with E-state index in [4.69, 9.17) is 5.26 Å². The number of nitrogens with zero attached hydrogens (tertiary/aromatic N) is 4. The van der Waals surface area contributed by atoms with Crippen LogP contribution in [0.15, 0.2) is 24.8 Å². The molecule has 0 N–H and O–H groups in total. The molecule has 0 spiro atoms. The smallest absolute Gasteiger partial charge is 0.233 e. The number of hydrogen-bond acceptors (Lipinski definition) is 3. The molecule has 0 aromatic carbocycles. The molecule has 2 heterocycles. The monoisotopic (exact) mass is 144 g/mol. The lowest BCUT2D eigenvalue weighted by Crippen LogP contribution is -1.88. The zero-order chi connectivity index (χ0) is 7.68. The van der Waals surface area contributed by atoms with Crippen LogP contribution in [0.4, 0.5) is 0 Å². The molecule has 0 atom stereocenters. The molecule has 0 unspecified atom stereocenters. The molecule has 0 aliphatic rings. The second-order valence-electron chi connectivity index (χ2n) is 2.09. The molecular weight excluding hydrogens is 140 g/mol. The van der Waals surface area contributed by atoms with Crippen LogP contribution in [0.25, 0.3) is 5.78 Å². The van der Waals surface area contributed by atoms with Crippen LogP contribution in [0.3, 0.4) is 0 Å². The fourth-order valence-corrected chi connectivity index (χ4v) is 0.874. The Morgan fingerprint density at radius 2 is 2.36 bits per heavy atom. The lowest BCUT2D eigenvalue weighted by molar-refractivity contribution is 1.10. The highest BCUT2D eigenvalue weighted by molar-refractivity contribution is 5.33. The van der Waals surface area contributed by atoms with Gasteiger partial charge in [-0.2, -0.15) is 5.26 Å². The molecule has 4 nitrogen and oxygen atoms in total. The van der Waals surface area contributed by atoms with E-state index in [2.05, 4.69) is 9.97 Å². The standard InChI is InChI=1S/C7H4N4/c8-3-6-4-10-7-9-1-2-11(7)5-6/h1-2,4-5H. The van der Waals surface area contributed by atoms with Gasteiger partial charge >= 0.3 is 0 Å². The highest BCUT2D eigenvalue weighted by Gasteiger charge is 1.94. The van der Waals surface area contributed by atoms with Crippen LogP contribution in [-0.2, 0) is 0 Å². The van der Waals surface area contributed by atoms with Gasteiger partial charge in [0.05, 0.1) is 11.8 Å². The molecule has 0 saturated heterocycles. The Morgan fingerprint density at radius 3 is 3.18 bits per heavy atom. The first-order valence-electron chi connectivity index (χ1n) is 3.09. The third-order valence-electron chi connectivity index (χ3n) is 1.37. The first-order valence-corrected chi connectivity index (χ1v) is 3.09. The second-order valence-corrected chi connectivity index (χ2v) is 2.09. The topological polar surface area (TPSA) is 54.0 Å². The molecule has 0 bridgehead atoms. The van der Waals surface area contributed by atoms with Crippen LogP contribution >= 0.6 is 0 Å². The number of nitriles is 1. The molecule has 0 amide bonds. The Balaban J connectivity index is 2.79. The zero-order valence-corrected chi connectivity index (χ0v) is 5.60. The van der Waals surface area contributed by atoms with Crippen molar-refractivity contribution in [2.75, 3.05) is 0 Å². The van der Waals surface area contributed by atoms with Gasteiger partial charge in [-0.25, -0.2) is 9.97 Å². The van der Waals surface area contributed by atoms with Gasteiger partial charge < -0.3 is 0 Å². The van der Waals surface area contributed by atoms with Crippen LogP contribution in [0, 0.1) is 11.3 Å². The molecule has 11 heavy (non-hydrogen) atoms. The fraction of sp³-hybridized carbons (Fsp3) is 0. The van der Waals surface area contributed by atoms with Crippen molar-refractivity contribution in [3.63, 3.8) is 0 Å². The SMILES string of the molecule is N#Cc1cnc2nccn2c1. The summed E-state index contributed by atoms with van der Waals surface area (Å²) in [5.41, 5.74) is 0.538. The lowest BCUT2D eigenvalue weighted by Gasteiger charge is -1.90. The van der Waals surface area contributed by atoms with Crippen molar-refractivity contribution in [1.82, 2.24) is 14.4 Å². The minimum atomic E-state index is 0.538. The molecular formula is C7H4N4. The number of imidazole rings is 1.